The monoisotopic (exact) mass is 264 g/mol. The summed E-state index contributed by atoms with van der Waals surface area (Å²) in [7, 11) is 0. The number of H-pyrrole nitrogens is 1. The second-order valence-electron chi connectivity index (χ2n) is 6.02. The minimum Gasteiger partial charge on any atom is -0.338 e. The summed E-state index contributed by atoms with van der Waals surface area (Å²) >= 11 is 5.40. The maximum Gasteiger partial charge on any atom is 0.226 e. The molecule has 1 aromatic rings. The Labute approximate surface area is 112 Å². The fourth-order valence-electron chi connectivity index (χ4n) is 3.86. The van der Waals surface area contributed by atoms with E-state index in [1.54, 1.807) is 0 Å². The Balaban J connectivity index is 1.71. The van der Waals surface area contributed by atoms with E-state index in [0.29, 0.717) is 6.04 Å². The second kappa shape index (κ2) is 4.08. The first-order chi connectivity index (χ1) is 8.84. The maximum absolute atomic E-state index is 5.40. The molecule has 1 saturated heterocycles. The summed E-state index contributed by atoms with van der Waals surface area (Å²) in [5.41, 5.74) is 0. The van der Waals surface area contributed by atoms with Gasteiger partial charge in [0.1, 0.15) is 0 Å². The molecule has 1 aliphatic heterocycles. The number of aromatic nitrogens is 3. The summed E-state index contributed by atoms with van der Waals surface area (Å²) in [5, 5.41) is 7.54. The fourth-order valence-corrected chi connectivity index (χ4v) is 4.14. The molecular formula is C13H20N4S. The zero-order chi connectivity index (χ0) is 12.1. The number of hydrogen-bond acceptors (Lipinski definition) is 3. The zero-order valence-corrected chi connectivity index (χ0v) is 11.5. The van der Waals surface area contributed by atoms with Gasteiger partial charge >= 0.3 is 0 Å². The highest BCUT2D eigenvalue weighted by atomic mass is 32.1. The molecule has 2 atom stereocenters. The highest BCUT2D eigenvalue weighted by Gasteiger charge is 2.38. The van der Waals surface area contributed by atoms with Crippen LogP contribution in [0.5, 0.6) is 0 Å². The molecule has 4 rings (SSSR count). The van der Waals surface area contributed by atoms with Crippen molar-refractivity contribution in [2.24, 2.45) is 5.92 Å². The highest BCUT2D eigenvalue weighted by Crippen LogP contribution is 2.42. The van der Waals surface area contributed by atoms with Crippen LogP contribution >= 0.6 is 12.2 Å². The molecular weight excluding hydrogens is 244 g/mol. The van der Waals surface area contributed by atoms with Gasteiger partial charge in [-0.2, -0.15) is 0 Å². The second-order valence-corrected chi connectivity index (χ2v) is 6.41. The van der Waals surface area contributed by atoms with Gasteiger partial charge in [0.25, 0.3) is 0 Å². The lowest BCUT2D eigenvalue weighted by Gasteiger charge is -2.38. The Morgan fingerprint density at radius 1 is 1.11 bits per heavy atom. The number of anilines is 1. The molecule has 0 radical (unpaired) electrons. The van der Waals surface area contributed by atoms with Gasteiger partial charge in [-0.3, -0.25) is 4.57 Å². The molecule has 3 fully saturated rings. The Kier molecular flexibility index (Phi) is 2.50. The van der Waals surface area contributed by atoms with Gasteiger partial charge in [-0.15, -0.1) is 5.10 Å². The molecule has 98 valence electrons. The normalized spacial score (nSPS) is 31.7. The SMILES string of the molecule is S=c1[nH]nc(N2CCCC3CCCC32)n1C1CC1. The number of nitrogens with one attached hydrogen (secondary N) is 1. The van der Waals surface area contributed by atoms with E-state index >= 15 is 0 Å². The van der Waals surface area contributed by atoms with Crippen molar-refractivity contribution in [2.75, 3.05) is 11.4 Å². The summed E-state index contributed by atoms with van der Waals surface area (Å²) in [4.78, 5) is 2.55. The average molecular weight is 264 g/mol. The van der Waals surface area contributed by atoms with Gasteiger partial charge in [0.15, 0.2) is 4.77 Å². The Bertz CT molecular complexity index is 501. The van der Waals surface area contributed by atoms with E-state index in [1.807, 2.05) is 0 Å². The molecule has 0 aromatic carbocycles. The first-order valence-corrected chi connectivity index (χ1v) is 7.69. The summed E-state index contributed by atoms with van der Waals surface area (Å²) in [6.07, 6.45) is 9.40. The first-order valence-electron chi connectivity index (χ1n) is 7.28. The predicted octanol–water partition coefficient (Wildman–Crippen LogP) is 3.04. The highest BCUT2D eigenvalue weighted by molar-refractivity contribution is 7.71. The first kappa shape index (κ1) is 11.0. The minimum atomic E-state index is 0.619. The Morgan fingerprint density at radius 3 is 2.78 bits per heavy atom. The van der Waals surface area contributed by atoms with Crippen LogP contribution in [-0.4, -0.2) is 27.4 Å². The number of piperidine rings is 1. The molecule has 5 heteroatoms. The number of nitrogens with zero attached hydrogens (tertiary/aromatic N) is 3. The lowest BCUT2D eigenvalue weighted by molar-refractivity contribution is 0.355. The van der Waals surface area contributed by atoms with Gasteiger partial charge < -0.3 is 4.90 Å². The van der Waals surface area contributed by atoms with Crippen molar-refractivity contribution in [2.45, 2.75) is 57.0 Å². The molecule has 2 aliphatic carbocycles. The van der Waals surface area contributed by atoms with Crippen LogP contribution in [0, 0.1) is 10.7 Å². The van der Waals surface area contributed by atoms with Crippen LogP contribution in [0.3, 0.4) is 0 Å². The largest absolute Gasteiger partial charge is 0.338 e. The molecule has 18 heavy (non-hydrogen) atoms. The van der Waals surface area contributed by atoms with Crippen LogP contribution in [-0.2, 0) is 0 Å². The van der Waals surface area contributed by atoms with E-state index < -0.39 is 0 Å². The van der Waals surface area contributed by atoms with E-state index in [1.165, 1.54) is 44.9 Å². The van der Waals surface area contributed by atoms with Crippen molar-refractivity contribution >= 4 is 18.2 Å². The summed E-state index contributed by atoms with van der Waals surface area (Å²) in [6.45, 7) is 1.16. The minimum absolute atomic E-state index is 0.619. The molecule has 0 spiro atoms. The van der Waals surface area contributed by atoms with Gasteiger partial charge in [-0.1, -0.05) is 6.42 Å². The molecule has 0 bridgehead atoms. The number of hydrogen-bond donors (Lipinski definition) is 1. The van der Waals surface area contributed by atoms with Crippen molar-refractivity contribution in [1.82, 2.24) is 14.8 Å². The van der Waals surface area contributed by atoms with Gasteiger partial charge in [-0.25, -0.2) is 5.10 Å². The third-order valence-corrected chi connectivity index (χ3v) is 5.14. The van der Waals surface area contributed by atoms with E-state index in [-0.39, 0.29) is 0 Å². The molecule has 3 aliphatic rings. The molecule has 4 nitrogen and oxygen atoms in total. The number of fused-ring (bicyclic) bond motifs is 1. The van der Waals surface area contributed by atoms with E-state index in [4.69, 9.17) is 12.2 Å². The third kappa shape index (κ3) is 1.63. The summed E-state index contributed by atoms with van der Waals surface area (Å²) in [5.74, 6) is 2.02. The van der Waals surface area contributed by atoms with Crippen LogP contribution < -0.4 is 4.90 Å². The van der Waals surface area contributed by atoms with Gasteiger partial charge in [0, 0.05) is 18.6 Å². The maximum atomic E-state index is 5.40. The molecule has 0 amide bonds. The van der Waals surface area contributed by atoms with Crippen LogP contribution in [0.2, 0.25) is 0 Å². The Morgan fingerprint density at radius 2 is 1.94 bits per heavy atom. The lowest BCUT2D eigenvalue weighted by atomic mass is 9.92. The van der Waals surface area contributed by atoms with Crippen molar-refractivity contribution < 1.29 is 0 Å². The summed E-state index contributed by atoms with van der Waals surface area (Å²) < 4.78 is 3.09. The third-order valence-electron chi connectivity index (χ3n) is 4.85. The van der Waals surface area contributed by atoms with E-state index in [9.17, 15) is 0 Å². The van der Waals surface area contributed by atoms with Crippen LogP contribution in [0.25, 0.3) is 0 Å². The van der Waals surface area contributed by atoms with Crippen molar-refractivity contribution in [3.8, 4) is 0 Å². The average Bonchev–Trinajstić information content (AvgIpc) is 2.97. The molecule has 1 aromatic heterocycles. The van der Waals surface area contributed by atoms with Crippen LogP contribution in [0.4, 0.5) is 5.95 Å². The lowest BCUT2D eigenvalue weighted by Crippen LogP contribution is -2.44. The number of aromatic amines is 1. The van der Waals surface area contributed by atoms with Crippen molar-refractivity contribution in [1.29, 1.82) is 0 Å². The molecule has 1 N–H and O–H groups in total. The van der Waals surface area contributed by atoms with Crippen LogP contribution in [0.1, 0.15) is 51.0 Å². The standard InChI is InChI=1S/C13H20N4S/c18-13-15-14-12(17(13)10-6-7-10)16-8-2-4-9-3-1-5-11(9)16/h9-11H,1-8H2,(H,15,18). The fraction of sp³-hybridized carbons (Fsp3) is 0.846. The topological polar surface area (TPSA) is 36.9 Å². The van der Waals surface area contributed by atoms with Gasteiger partial charge in [-0.05, 0) is 56.7 Å². The van der Waals surface area contributed by atoms with Gasteiger partial charge in [0.05, 0.1) is 0 Å². The Hall–Kier alpha value is -0.840. The van der Waals surface area contributed by atoms with Crippen molar-refractivity contribution in [3.63, 3.8) is 0 Å². The van der Waals surface area contributed by atoms with Crippen LogP contribution in [0.15, 0.2) is 0 Å². The van der Waals surface area contributed by atoms with E-state index in [0.717, 1.165) is 29.2 Å². The molecule has 2 unspecified atom stereocenters. The quantitative estimate of drug-likeness (QED) is 0.834. The van der Waals surface area contributed by atoms with Gasteiger partial charge in [0.2, 0.25) is 5.95 Å². The summed E-state index contributed by atoms with van der Waals surface area (Å²) in [6, 6.07) is 1.34. The smallest absolute Gasteiger partial charge is 0.226 e. The number of rotatable bonds is 2. The van der Waals surface area contributed by atoms with Crippen molar-refractivity contribution in [3.05, 3.63) is 4.77 Å². The molecule has 2 heterocycles. The zero-order valence-electron chi connectivity index (χ0n) is 10.6. The predicted molar refractivity (Wildman–Crippen MR) is 73.4 cm³/mol. The van der Waals surface area contributed by atoms with E-state index in [2.05, 4.69) is 19.7 Å². The molecule has 2 saturated carbocycles.